The van der Waals surface area contributed by atoms with E-state index in [1.807, 2.05) is 32.0 Å². The van der Waals surface area contributed by atoms with E-state index in [2.05, 4.69) is 36.9 Å². The lowest BCUT2D eigenvalue weighted by Crippen LogP contribution is -2.27. The van der Waals surface area contributed by atoms with Gasteiger partial charge in [-0.05, 0) is 48.1 Å². The molecular weight excluding hydrogens is 542 g/mol. The Kier molecular flexibility index (Phi) is 8.74. The first-order valence-electron chi connectivity index (χ1n) is 13.4. The molecule has 12 heteroatoms. The minimum atomic E-state index is -2.99. The Bertz CT molecular complexity index is 1800. The van der Waals surface area contributed by atoms with Crippen LogP contribution in [0.4, 0.5) is 20.3 Å². The second-order valence-electron chi connectivity index (χ2n) is 9.53. The van der Waals surface area contributed by atoms with Gasteiger partial charge >= 0.3 is 5.69 Å². The highest BCUT2D eigenvalue weighted by Gasteiger charge is 2.41. The Morgan fingerprint density at radius 2 is 1.95 bits per heavy atom. The molecule has 1 aliphatic carbocycles. The van der Waals surface area contributed by atoms with Gasteiger partial charge in [-0.1, -0.05) is 32.6 Å². The van der Waals surface area contributed by atoms with E-state index < -0.39 is 17.2 Å². The maximum Gasteiger partial charge on any atom is 0.325 e. The summed E-state index contributed by atoms with van der Waals surface area (Å²) < 4.78 is 28.7. The van der Waals surface area contributed by atoms with E-state index in [9.17, 15) is 18.4 Å². The summed E-state index contributed by atoms with van der Waals surface area (Å²) in [7, 11) is 1.65. The maximum absolute atomic E-state index is 13.6. The molecule has 2 atom stereocenters. The van der Waals surface area contributed by atoms with E-state index in [-0.39, 0.29) is 23.0 Å². The van der Waals surface area contributed by atoms with Crippen molar-refractivity contribution in [3.05, 3.63) is 104 Å². The summed E-state index contributed by atoms with van der Waals surface area (Å²) in [5.41, 5.74) is 2.91. The number of rotatable bonds is 8. The normalized spacial score (nSPS) is 16.3. The fraction of sp³-hybridized carbons (Fsp3) is 0.267. The van der Waals surface area contributed by atoms with Crippen LogP contribution in [0.2, 0.25) is 0 Å². The highest BCUT2D eigenvalue weighted by atomic mass is 19.3. The number of aromatic amines is 2. The molecule has 1 saturated carbocycles. The molecule has 0 saturated heterocycles. The topological polar surface area (TPSA) is 145 Å². The number of H-pyrrole nitrogens is 2. The number of nitrogens with zero attached hydrogens (tertiary/aromatic N) is 4. The number of nitrogens with one attached hydrogen (secondary N) is 4. The molecule has 0 radical (unpaired) electrons. The van der Waals surface area contributed by atoms with Crippen LogP contribution in [-0.4, -0.2) is 38.0 Å². The largest absolute Gasteiger partial charge is 0.340 e. The van der Waals surface area contributed by atoms with Crippen molar-refractivity contribution in [2.75, 3.05) is 12.4 Å². The van der Waals surface area contributed by atoms with Crippen molar-refractivity contribution >= 4 is 23.9 Å². The first-order valence-corrected chi connectivity index (χ1v) is 13.4. The van der Waals surface area contributed by atoms with E-state index in [1.54, 1.807) is 13.1 Å². The first kappa shape index (κ1) is 30.0. The number of hydrogen-bond acceptors (Lipinski definition) is 7. The van der Waals surface area contributed by atoms with Gasteiger partial charge in [-0.25, -0.2) is 23.2 Å². The van der Waals surface area contributed by atoms with Gasteiger partial charge in [-0.15, -0.1) is 0 Å². The van der Waals surface area contributed by atoms with Gasteiger partial charge < -0.3 is 15.7 Å². The summed E-state index contributed by atoms with van der Waals surface area (Å²) in [6.07, 6.45) is 5.96. The van der Waals surface area contributed by atoms with E-state index in [0.29, 0.717) is 28.3 Å². The van der Waals surface area contributed by atoms with Crippen molar-refractivity contribution in [3.8, 4) is 11.3 Å². The third kappa shape index (κ3) is 6.17. The molecule has 0 spiro atoms. The van der Waals surface area contributed by atoms with Gasteiger partial charge in [-0.3, -0.25) is 14.8 Å². The number of benzene rings is 1. The summed E-state index contributed by atoms with van der Waals surface area (Å²) in [4.78, 5) is 37.2. The molecule has 0 unspecified atom stereocenters. The smallest absolute Gasteiger partial charge is 0.325 e. The van der Waals surface area contributed by atoms with Gasteiger partial charge in [0.2, 0.25) is 0 Å². The van der Waals surface area contributed by atoms with Crippen LogP contribution in [0.1, 0.15) is 61.3 Å². The fourth-order valence-electron chi connectivity index (χ4n) is 4.71. The van der Waals surface area contributed by atoms with Gasteiger partial charge in [0.1, 0.15) is 5.82 Å². The summed E-state index contributed by atoms with van der Waals surface area (Å²) in [5.74, 6) is -2.45. The molecule has 42 heavy (non-hydrogen) atoms. The number of alkyl halides is 2. The van der Waals surface area contributed by atoms with Crippen LogP contribution >= 0.6 is 0 Å². The number of anilines is 2. The number of pyridine rings is 1. The lowest BCUT2D eigenvalue weighted by molar-refractivity contribution is 0.0171. The average molecular weight is 575 g/mol. The quantitative estimate of drug-likeness (QED) is 0.216. The summed E-state index contributed by atoms with van der Waals surface area (Å²) in [6, 6.07) is 10.3. The average Bonchev–Trinajstić information content (AvgIpc) is 3.78. The van der Waals surface area contributed by atoms with Crippen LogP contribution in [0.5, 0.6) is 0 Å². The summed E-state index contributed by atoms with van der Waals surface area (Å²) in [6.45, 7) is 8.64. The highest BCUT2D eigenvalue weighted by Crippen LogP contribution is 2.54. The van der Waals surface area contributed by atoms with Crippen LogP contribution < -0.4 is 22.1 Å². The minimum absolute atomic E-state index is 0.0522. The molecule has 1 aliphatic rings. The third-order valence-corrected chi connectivity index (χ3v) is 6.85. The zero-order chi connectivity index (χ0) is 30.6. The van der Waals surface area contributed by atoms with Gasteiger partial charge in [0.25, 0.3) is 11.5 Å². The Balaban J connectivity index is 0.00000198. The predicted molar refractivity (Wildman–Crippen MR) is 160 cm³/mol. The van der Waals surface area contributed by atoms with Crippen molar-refractivity contribution in [3.63, 3.8) is 0 Å². The van der Waals surface area contributed by atoms with Crippen LogP contribution in [-0.2, 0) is 5.92 Å². The molecular formula is C30H32F2N8O2. The van der Waals surface area contributed by atoms with Crippen LogP contribution in [0, 0.1) is 5.41 Å². The Hall–Kier alpha value is -5.00. The predicted octanol–water partition coefficient (Wildman–Crippen LogP) is 5.10. The maximum atomic E-state index is 13.6. The molecule has 3 aromatic heterocycles. The number of hydrogen-bond donors (Lipinski definition) is 4. The molecule has 10 nitrogen and oxygen atoms in total. The minimum Gasteiger partial charge on any atom is -0.340 e. The molecule has 1 fully saturated rings. The molecule has 0 amide bonds. The van der Waals surface area contributed by atoms with Crippen molar-refractivity contribution < 1.29 is 8.78 Å². The number of aromatic nitrogens is 5. The Labute approximate surface area is 240 Å². The lowest BCUT2D eigenvalue weighted by atomic mass is 10.0. The van der Waals surface area contributed by atoms with Gasteiger partial charge in [0.05, 0.1) is 11.3 Å². The molecule has 4 N–H and O–H groups in total. The molecule has 0 aliphatic heterocycles. The van der Waals surface area contributed by atoms with Gasteiger partial charge in [0.15, 0.2) is 5.49 Å². The zero-order valence-electron chi connectivity index (χ0n) is 23.7. The number of halogens is 2. The fourth-order valence-corrected chi connectivity index (χ4v) is 4.71. The molecule has 1 aromatic carbocycles. The molecule has 0 bridgehead atoms. The Morgan fingerprint density at radius 1 is 1.19 bits per heavy atom. The van der Waals surface area contributed by atoms with E-state index >= 15 is 0 Å². The van der Waals surface area contributed by atoms with Crippen LogP contribution in [0.15, 0.2) is 70.0 Å². The van der Waals surface area contributed by atoms with E-state index in [4.69, 9.17) is 5.41 Å². The molecule has 3 heterocycles. The van der Waals surface area contributed by atoms with E-state index in [0.717, 1.165) is 30.7 Å². The van der Waals surface area contributed by atoms with Gasteiger partial charge in [0, 0.05) is 61.2 Å². The summed E-state index contributed by atoms with van der Waals surface area (Å²) in [5, 5.41) is 15.4. The lowest BCUT2D eigenvalue weighted by Gasteiger charge is -2.14. The van der Waals surface area contributed by atoms with Crippen molar-refractivity contribution in [1.29, 1.82) is 5.41 Å². The molecule has 5 rings (SSSR count). The van der Waals surface area contributed by atoms with Gasteiger partial charge in [-0.2, -0.15) is 5.10 Å². The third-order valence-electron chi connectivity index (χ3n) is 6.85. The summed E-state index contributed by atoms with van der Waals surface area (Å²) >= 11 is 0. The molecule has 4 aromatic rings. The van der Waals surface area contributed by atoms with Crippen molar-refractivity contribution in [2.45, 2.75) is 45.0 Å². The SMILES string of the molecule is C=Cn1nc(-c2c[nH]c(=O)[nH]c2=O)cc([C@H]2C[C@@H]2c2ccc(C=N)c(Nc3ccc(C(C)(F)F)cn3)c2)c1=NC.CC. The Morgan fingerprint density at radius 3 is 2.55 bits per heavy atom. The standard InChI is InChI=1S/C28H26F2N8O2.C2H6/c1-4-38-25(32-3)20(11-23(37-38)21-14-34-27(40)36-26(21)39)19-10-18(19)15-5-6-16(12-31)22(9-15)35-24-8-7-17(13-33-24)28(2,29)30;1-2/h4-9,11-14,18-19,31H,1,10H2,2-3H3,(H,33,35)(H2,34,36,39,40);1-2H3/t18-,19+;/m1./s1. The van der Waals surface area contributed by atoms with Crippen molar-refractivity contribution in [2.24, 2.45) is 4.99 Å². The second kappa shape index (κ2) is 12.2. The zero-order valence-corrected chi connectivity index (χ0v) is 23.7. The van der Waals surface area contributed by atoms with Crippen LogP contribution in [0.3, 0.4) is 0 Å². The van der Waals surface area contributed by atoms with Crippen molar-refractivity contribution in [1.82, 2.24) is 24.7 Å². The molecule has 218 valence electrons. The second-order valence-corrected chi connectivity index (χ2v) is 9.53. The van der Waals surface area contributed by atoms with Crippen LogP contribution in [0.25, 0.3) is 17.5 Å². The van der Waals surface area contributed by atoms with E-state index in [1.165, 1.54) is 35.4 Å². The first-order chi connectivity index (χ1) is 20.1. The highest BCUT2D eigenvalue weighted by molar-refractivity contribution is 5.87. The monoisotopic (exact) mass is 574 g/mol.